The molecular formula is C19H12F3NO4S. The summed E-state index contributed by atoms with van der Waals surface area (Å²) in [6, 6.07) is 8.32. The topological polar surface area (TPSA) is 68.4 Å². The molecule has 1 heterocycles. The second-order valence-corrected chi connectivity index (χ2v) is 5.95. The van der Waals surface area contributed by atoms with Crippen LogP contribution in [0.4, 0.5) is 13.2 Å². The maximum Gasteiger partial charge on any atom is 0.345 e. The Kier molecular flexibility index (Phi) is 5.46. The molecule has 5 nitrogen and oxygen atoms in total. The standard InChI is InChI=1S/C19H12F3NO4S/c1-2-26-19(25)12-16(27-18(24)9-6-4-3-5-7-9)10-8-11(20)13(21)14(22)15(10)23-17(12)28/h3-8H,2H2,1H3,(H,23,28). The summed E-state index contributed by atoms with van der Waals surface area (Å²) < 4.78 is 51.5. The summed E-state index contributed by atoms with van der Waals surface area (Å²) in [4.78, 5) is 27.1. The van der Waals surface area contributed by atoms with E-state index in [1.165, 1.54) is 19.1 Å². The van der Waals surface area contributed by atoms with E-state index in [2.05, 4.69) is 4.98 Å². The Hall–Kier alpha value is -3.20. The molecule has 0 saturated heterocycles. The van der Waals surface area contributed by atoms with E-state index in [0.29, 0.717) is 6.07 Å². The monoisotopic (exact) mass is 407 g/mol. The number of benzene rings is 2. The maximum absolute atomic E-state index is 14.2. The number of esters is 2. The summed E-state index contributed by atoms with van der Waals surface area (Å²) in [6.45, 7) is 1.51. The minimum absolute atomic E-state index is 0.0240. The van der Waals surface area contributed by atoms with Gasteiger partial charge in [-0.05, 0) is 25.1 Å². The molecule has 0 aliphatic heterocycles. The van der Waals surface area contributed by atoms with Crippen molar-refractivity contribution in [3.8, 4) is 5.75 Å². The first-order valence-corrected chi connectivity index (χ1v) is 8.43. The molecule has 0 spiro atoms. The van der Waals surface area contributed by atoms with Crippen molar-refractivity contribution < 1.29 is 32.2 Å². The van der Waals surface area contributed by atoms with Gasteiger partial charge in [-0.1, -0.05) is 30.4 Å². The van der Waals surface area contributed by atoms with Crippen molar-refractivity contribution in [3.05, 3.63) is 69.6 Å². The molecular weight excluding hydrogens is 395 g/mol. The van der Waals surface area contributed by atoms with Gasteiger partial charge in [0.05, 0.1) is 17.7 Å². The number of nitrogens with one attached hydrogen (secondary N) is 1. The van der Waals surface area contributed by atoms with Crippen LogP contribution in [0.1, 0.15) is 27.6 Å². The van der Waals surface area contributed by atoms with Crippen LogP contribution in [0.3, 0.4) is 0 Å². The molecule has 0 radical (unpaired) electrons. The normalized spacial score (nSPS) is 10.7. The lowest BCUT2D eigenvalue weighted by Gasteiger charge is -2.14. The molecule has 0 atom stereocenters. The van der Waals surface area contributed by atoms with E-state index in [1.807, 2.05) is 0 Å². The zero-order chi connectivity index (χ0) is 20.4. The molecule has 3 rings (SSSR count). The number of fused-ring (bicyclic) bond motifs is 1. The van der Waals surface area contributed by atoms with Gasteiger partial charge in [-0.15, -0.1) is 0 Å². The molecule has 144 valence electrons. The minimum Gasteiger partial charge on any atom is -0.462 e. The van der Waals surface area contributed by atoms with Crippen LogP contribution < -0.4 is 4.74 Å². The van der Waals surface area contributed by atoms with Gasteiger partial charge in [0.2, 0.25) is 0 Å². The first-order chi connectivity index (χ1) is 13.3. The minimum atomic E-state index is -1.73. The molecule has 0 saturated carbocycles. The van der Waals surface area contributed by atoms with Gasteiger partial charge in [-0.3, -0.25) is 0 Å². The van der Waals surface area contributed by atoms with E-state index in [0.717, 1.165) is 0 Å². The van der Waals surface area contributed by atoms with Gasteiger partial charge < -0.3 is 14.5 Å². The van der Waals surface area contributed by atoms with E-state index >= 15 is 0 Å². The Morgan fingerprint density at radius 2 is 1.75 bits per heavy atom. The van der Waals surface area contributed by atoms with Gasteiger partial charge in [0.25, 0.3) is 0 Å². The van der Waals surface area contributed by atoms with Crippen LogP contribution in [0.25, 0.3) is 10.9 Å². The molecule has 0 amide bonds. The highest BCUT2D eigenvalue weighted by molar-refractivity contribution is 7.71. The molecule has 1 aromatic heterocycles. The second kappa shape index (κ2) is 7.81. The van der Waals surface area contributed by atoms with Crippen molar-refractivity contribution in [2.45, 2.75) is 6.92 Å². The summed E-state index contributed by atoms with van der Waals surface area (Å²) in [5.74, 6) is -7.22. The number of hydrogen-bond acceptors (Lipinski definition) is 5. The third-order valence-corrected chi connectivity index (χ3v) is 4.09. The average Bonchev–Trinajstić information content (AvgIpc) is 2.68. The zero-order valence-corrected chi connectivity index (χ0v) is 15.2. The Labute approximate surface area is 161 Å². The predicted molar refractivity (Wildman–Crippen MR) is 96.4 cm³/mol. The quantitative estimate of drug-likeness (QED) is 0.385. The van der Waals surface area contributed by atoms with Crippen molar-refractivity contribution in [1.82, 2.24) is 4.98 Å². The van der Waals surface area contributed by atoms with Crippen molar-refractivity contribution in [3.63, 3.8) is 0 Å². The van der Waals surface area contributed by atoms with E-state index in [-0.39, 0.29) is 22.2 Å². The van der Waals surface area contributed by atoms with Gasteiger partial charge in [-0.2, -0.15) is 0 Å². The maximum atomic E-state index is 14.2. The van der Waals surface area contributed by atoms with Crippen molar-refractivity contribution in [1.29, 1.82) is 0 Å². The van der Waals surface area contributed by atoms with Crippen LogP contribution in [-0.4, -0.2) is 23.5 Å². The Balaban J connectivity index is 2.29. The number of carbonyl (C=O) groups is 2. The third-order valence-electron chi connectivity index (χ3n) is 3.78. The van der Waals surface area contributed by atoms with Gasteiger partial charge in [0.15, 0.2) is 23.2 Å². The highest BCUT2D eigenvalue weighted by Gasteiger charge is 2.26. The van der Waals surface area contributed by atoms with Crippen molar-refractivity contribution in [2.24, 2.45) is 0 Å². The smallest absolute Gasteiger partial charge is 0.345 e. The van der Waals surface area contributed by atoms with Crippen LogP contribution in [0, 0.1) is 22.1 Å². The molecule has 0 aliphatic rings. The molecule has 9 heteroatoms. The fourth-order valence-electron chi connectivity index (χ4n) is 2.53. The number of halogens is 3. The first-order valence-electron chi connectivity index (χ1n) is 8.03. The first kappa shape index (κ1) is 19.6. The van der Waals surface area contributed by atoms with E-state index in [1.54, 1.807) is 18.2 Å². The summed E-state index contributed by atoms with van der Waals surface area (Å²) in [7, 11) is 0. The highest BCUT2D eigenvalue weighted by Crippen LogP contribution is 2.34. The molecule has 3 aromatic rings. The van der Waals surface area contributed by atoms with Gasteiger partial charge >= 0.3 is 11.9 Å². The van der Waals surface area contributed by atoms with Crippen LogP contribution in [0.5, 0.6) is 5.75 Å². The Bertz CT molecular complexity index is 1150. The van der Waals surface area contributed by atoms with E-state index in [4.69, 9.17) is 21.7 Å². The summed E-state index contributed by atoms with van der Waals surface area (Å²) in [6.07, 6.45) is 0. The van der Waals surface area contributed by atoms with Gasteiger partial charge in [-0.25, -0.2) is 22.8 Å². The average molecular weight is 407 g/mol. The van der Waals surface area contributed by atoms with Crippen molar-refractivity contribution in [2.75, 3.05) is 6.61 Å². The number of pyridine rings is 1. The fraction of sp³-hybridized carbons (Fsp3) is 0.105. The lowest BCUT2D eigenvalue weighted by Crippen LogP contribution is -2.15. The summed E-state index contributed by atoms with van der Waals surface area (Å²) in [5.41, 5.74) is -0.834. The number of H-pyrrole nitrogens is 1. The molecule has 0 unspecified atom stereocenters. The van der Waals surface area contributed by atoms with Crippen LogP contribution >= 0.6 is 12.2 Å². The van der Waals surface area contributed by atoms with Crippen LogP contribution in [0.15, 0.2) is 36.4 Å². The van der Waals surface area contributed by atoms with Crippen LogP contribution in [-0.2, 0) is 4.74 Å². The lowest BCUT2D eigenvalue weighted by atomic mass is 10.1. The molecule has 1 N–H and O–H groups in total. The number of hydrogen-bond donors (Lipinski definition) is 1. The number of ether oxygens (including phenoxy) is 2. The molecule has 0 bridgehead atoms. The van der Waals surface area contributed by atoms with Gasteiger partial charge in [0, 0.05) is 5.39 Å². The zero-order valence-electron chi connectivity index (χ0n) is 14.3. The number of rotatable bonds is 4. The highest BCUT2D eigenvalue weighted by atomic mass is 32.1. The van der Waals surface area contributed by atoms with Crippen molar-refractivity contribution >= 4 is 35.1 Å². The molecule has 0 fully saturated rings. The third kappa shape index (κ3) is 3.48. The molecule has 0 aliphatic carbocycles. The number of aromatic nitrogens is 1. The molecule has 28 heavy (non-hydrogen) atoms. The van der Waals surface area contributed by atoms with E-state index in [9.17, 15) is 22.8 Å². The SMILES string of the molecule is CCOC(=O)c1c(OC(=O)c2ccccc2)c2cc(F)c(F)c(F)c2[nH]c1=S. The summed E-state index contributed by atoms with van der Waals surface area (Å²) >= 11 is 5.03. The van der Waals surface area contributed by atoms with E-state index < -0.39 is 46.2 Å². The predicted octanol–water partition coefficient (Wildman–Crippen LogP) is 4.71. The lowest BCUT2D eigenvalue weighted by molar-refractivity contribution is 0.0520. The largest absolute Gasteiger partial charge is 0.462 e. The fourth-order valence-corrected chi connectivity index (χ4v) is 2.81. The summed E-state index contributed by atoms with van der Waals surface area (Å²) in [5, 5.41) is -0.377. The Morgan fingerprint density at radius 1 is 1.07 bits per heavy atom. The molecule has 2 aromatic carbocycles. The Morgan fingerprint density at radius 3 is 2.39 bits per heavy atom. The second-order valence-electron chi connectivity index (χ2n) is 5.54. The number of carbonyl (C=O) groups excluding carboxylic acids is 2. The van der Waals surface area contributed by atoms with Gasteiger partial charge in [0.1, 0.15) is 10.2 Å². The number of aromatic amines is 1. The van der Waals surface area contributed by atoms with Crippen LogP contribution in [0.2, 0.25) is 0 Å².